The van der Waals surface area contributed by atoms with Crippen LogP contribution in [-0.4, -0.2) is 66.9 Å². The van der Waals surface area contributed by atoms with Crippen LogP contribution in [0.15, 0.2) is 67.3 Å². The number of anilines is 1. The summed E-state index contributed by atoms with van der Waals surface area (Å²) >= 11 is 11.6. The van der Waals surface area contributed by atoms with E-state index < -0.39 is 47.1 Å². The number of aliphatic hydroxyl groups is 1. The second kappa shape index (κ2) is 10.1. The molecule has 2 amide bonds. The summed E-state index contributed by atoms with van der Waals surface area (Å²) in [6.45, 7) is 3.54. The molecule has 3 saturated heterocycles. The van der Waals surface area contributed by atoms with E-state index >= 15 is 0 Å². The van der Waals surface area contributed by atoms with E-state index in [2.05, 4.69) is 22.5 Å². The number of rotatable bonds is 8. The predicted molar refractivity (Wildman–Crippen MR) is 147 cm³/mol. The average Bonchev–Trinajstić information content (AvgIpc) is 3.48. The van der Waals surface area contributed by atoms with Crippen LogP contribution in [0.2, 0.25) is 5.02 Å². The van der Waals surface area contributed by atoms with Crippen molar-refractivity contribution in [3.05, 3.63) is 77.8 Å². The first-order valence-electron chi connectivity index (χ1n) is 12.0. The quantitative estimate of drug-likeness (QED) is 0.347. The van der Waals surface area contributed by atoms with Gasteiger partial charge in [0.2, 0.25) is 5.91 Å². The first kappa shape index (κ1) is 26.3. The molecule has 0 saturated carbocycles. The van der Waals surface area contributed by atoms with E-state index in [1.165, 1.54) is 21.6 Å². The van der Waals surface area contributed by atoms with Crippen molar-refractivity contribution in [1.82, 2.24) is 4.90 Å². The lowest BCUT2D eigenvalue weighted by molar-refractivity contribution is -0.149. The van der Waals surface area contributed by atoms with Crippen LogP contribution in [0.1, 0.15) is 18.0 Å². The van der Waals surface area contributed by atoms with Gasteiger partial charge in [-0.2, -0.15) is 0 Å². The minimum atomic E-state index is -1.05. The zero-order valence-corrected chi connectivity index (χ0v) is 22.9. The number of halogens is 2. The normalized spacial score (nSPS) is 30.7. The SMILES string of the molecule is C=CCN(C(=O)C1N([C@H](CO)c2ccccc2)C(=O)[C@@H]2[C@H](C(=O)O)[C@H]3SC12CC3Br)c1ccccc1Cl. The Hall–Kier alpha value is -2.33. The molecule has 2 N–H and O–H groups in total. The van der Waals surface area contributed by atoms with E-state index in [0.717, 1.165) is 0 Å². The molecule has 1 spiro atoms. The lowest BCUT2D eigenvalue weighted by Crippen LogP contribution is -2.56. The summed E-state index contributed by atoms with van der Waals surface area (Å²) in [7, 11) is 0. The second-order valence-electron chi connectivity index (χ2n) is 9.55. The highest BCUT2D eigenvalue weighted by atomic mass is 79.9. The standard InChI is InChI=1S/C27H26BrClN2O5S/c1-2-12-30(18-11-7-6-10-17(18)29)25(34)23-27-13-16(28)22(37-27)20(26(35)36)21(27)24(33)31(23)19(14-32)15-8-4-3-5-9-15/h2-11,16,19-23,32H,1,12-14H2,(H,35,36)/t16?,19-,20+,21+,22+,23?,27?/m1/s1. The molecular formula is C27H26BrClN2O5S. The van der Waals surface area contributed by atoms with Gasteiger partial charge in [-0.25, -0.2) is 0 Å². The highest BCUT2D eigenvalue weighted by Crippen LogP contribution is 2.68. The smallest absolute Gasteiger partial charge is 0.308 e. The molecule has 3 aliphatic heterocycles. The van der Waals surface area contributed by atoms with Crippen molar-refractivity contribution in [3.8, 4) is 0 Å². The molecule has 3 aliphatic rings. The lowest BCUT2D eigenvalue weighted by Gasteiger charge is -2.40. The van der Waals surface area contributed by atoms with Crippen LogP contribution >= 0.6 is 39.3 Å². The van der Waals surface area contributed by atoms with Crippen LogP contribution in [0.3, 0.4) is 0 Å². The van der Waals surface area contributed by atoms with Crippen LogP contribution in [0.25, 0.3) is 0 Å². The first-order chi connectivity index (χ1) is 17.8. The van der Waals surface area contributed by atoms with Crippen molar-refractivity contribution < 1.29 is 24.6 Å². The summed E-state index contributed by atoms with van der Waals surface area (Å²) in [5.41, 5.74) is 1.15. The van der Waals surface area contributed by atoms with Crippen LogP contribution in [0, 0.1) is 11.8 Å². The number of nitrogens with zero attached hydrogens (tertiary/aromatic N) is 2. The van der Waals surface area contributed by atoms with Crippen molar-refractivity contribution in [2.45, 2.75) is 33.3 Å². The summed E-state index contributed by atoms with van der Waals surface area (Å²) in [6, 6.07) is 14.1. The van der Waals surface area contributed by atoms with E-state index in [0.29, 0.717) is 22.7 Å². The highest BCUT2D eigenvalue weighted by Gasteiger charge is 2.76. The number of aliphatic carboxylic acids is 1. The van der Waals surface area contributed by atoms with Gasteiger partial charge in [-0.3, -0.25) is 14.4 Å². The Balaban J connectivity index is 1.68. The van der Waals surface area contributed by atoms with E-state index in [1.807, 2.05) is 6.07 Å². The van der Waals surface area contributed by atoms with Gasteiger partial charge < -0.3 is 20.0 Å². The number of fused-ring (bicyclic) bond motifs is 1. The number of amides is 2. The maximum Gasteiger partial charge on any atom is 0.308 e. The topological polar surface area (TPSA) is 98.2 Å². The molecule has 0 radical (unpaired) electrons. The number of carbonyl (C=O) groups is 3. The summed E-state index contributed by atoms with van der Waals surface area (Å²) in [5, 5.41) is 20.7. The highest BCUT2D eigenvalue weighted by molar-refractivity contribution is 9.09. The predicted octanol–water partition coefficient (Wildman–Crippen LogP) is 4.14. The van der Waals surface area contributed by atoms with Gasteiger partial charge in [0, 0.05) is 16.6 Å². The fourth-order valence-electron chi connectivity index (χ4n) is 6.25. The Morgan fingerprint density at radius 3 is 2.54 bits per heavy atom. The van der Waals surface area contributed by atoms with Gasteiger partial charge in [0.05, 0.1) is 39.9 Å². The van der Waals surface area contributed by atoms with Gasteiger partial charge in [0.1, 0.15) is 6.04 Å². The number of carbonyl (C=O) groups excluding carboxylic acids is 2. The van der Waals surface area contributed by atoms with E-state index in [9.17, 15) is 24.6 Å². The number of benzene rings is 2. The van der Waals surface area contributed by atoms with Crippen molar-refractivity contribution >= 4 is 62.8 Å². The molecule has 5 rings (SSSR count). The minimum absolute atomic E-state index is 0.144. The fraction of sp³-hybridized carbons (Fsp3) is 0.370. The molecule has 194 valence electrons. The van der Waals surface area contributed by atoms with Gasteiger partial charge in [-0.05, 0) is 24.1 Å². The van der Waals surface area contributed by atoms with Gasteiger partial charge in [0.25, 0.3) is 5.91 Å². The molecule has 2 bridgehead atoms. The zero-order chi connectivity index (χ0) is 26.5. The molecule has 3 unspecified atom stereocenters. The summed E-state index contributed by atoms with van der Waals surface area (Å²) < 4.78 is -0.973. The number of aliphatic hydroxyl groups excluding tert-OH is 1. The lowest BCUT2D eigenvalue weighted by atomic mass is 9.71. The summed E-state index contributed by atoms with van der Waals surface area (Å²) in [6.07, 6.45) is 2.04. The van der Waals surface area contributed by atoms with Gasteiger partial charge in [-0.15, -0.1) is 18.3 Å². The van der Waals surface area contributed by atoms with Crippen LogP contribution < -0.4 is 4.90 Å². The van der Waals surface area contributed by atoms with E-state index in [4.69, 9.17) is 11.6 Å². The van der Waals surface area contributed by atoms with Crippen LogP contribution in [0.4, 0.5) is 5.69 Å². The molecule has 3 fully saturated rings. The first-order valence-corrected chi connectivity index (χ1v) is 14.1. The number of likely N-dealkylation sites (tertiary alicyclic amines) is 1. The second-order valence-corrected chi connectivity index (χ2v) is 12.7. The Morgan fingerprint density at radius 2 is 1.92 bits per heavy atom. The summed E-state index contributed by atoms with van der Waals surface area (Å²) in [5.74, 6) is -3.68. The van der Waals surface area contributed by atoms with Gasteiger partial charge in [-0.1, -0.05) is 76.1 Å². The number of hydrogen-bond acceptors (Lipinski definition) is 5. The minimum Gasteiger partial charge on any atom is -0.481 e. The van der Waals surface area contributed by atoms with Gasteiger partial charge >= 0.3 is 5.97 Å². The molecule has 0 aliphatic carbocycles. The molecule has 2 aromatic carbocycles. The molecule has 3 heterocycles. The Bertz CT molecular complexity index is 1250. The average molecular weight is 606 g/mol. The van der Waals surface area contributed by atoms with Gasteiger partial charge in [0.15, 0.2) is 0 Å². The maximum absolute atomic E-state index is 14.6. The van der Waals surface area contributed by atoms with E-state index in [-0.39, 0.29) is 22.5 Å². The number of hydrogen-bond donors (Lipinski definition) is 2. The number of alkyl halides is 1. The summed E-state index contributed by atoms with van der Waals surface area (Å²) in [4.78, 5) is 44.0. The third-order valence-electron chi connectivity index (χ3n) is 7.66. The molecule has 0 aromatic heterocycles. The number of carboxylic acid groups (broad SMARTS) is 1. The van der Waals surface area contributed by atoms with Crippen molar-refractivity contribution in [2.75, 3.05) is 18.1 Å². The van der Waals surface area contributed by atoms with Crippen LogP contribution in [0.5, 0.6) is 0 Å². The molecule has 37 heavy (non-hydrogen) atoms. The third-order valence-corrected chi connectivity index (χ3v) is 11.2. The number of carboxylic acids is 1. The van der Waals surface area contributed by atoms with Crippen LogP contribution in [-0.2, 0) is 14.4 Å². The third kappa shape index (κ3) is 4.02. The largest absolute Gasteiger partial charge is 0.481 e. The fourth-order valence-corrected chi connectivity index (χ4v) is 10.1. The van der Waals surface area contributed by atoms with Crippen molar-refractivity contribution in [3.63, 3.8) is 0 Å². The Kier molecular flexibility index (Phi) is 7.17. The zero-order valence-electron chi connectivity index (χ0n) is 19.7. The molecule has 7 atom stereocenters. The van der Waals surface area contributed by atoms with E-state index in [1.54, 1.807) is 54.6 Å². The van der Waals surface area contributed by atoms with Crippen molar-refractivity contribution in [1.29, 1.82) is 0 Å². The number of para-hydroxylation sites is 1. The maximum atomic E-state index is 14.6. The molecule has 10 heteroatoms. The Labute approximate surface area is 232 Å². The monoisotopic (exact) mass is 604 g/mol. The van der Waals surface area contributed by atoms with Crippen molar-refractivity contribution in [2.24, 2.45) is 11.8 Å². The molecule has 2 aromatic rings. The molecular weight excluding hydrogens is 580 g/mol. The Morgan fingerprint density at radius 1 is 1.24 bits per heavy atom. The number of thioether (sulfide) groups is 1. The molecule has 7 nitrogen and oxygen atoms in total.